The van der Waals surface area contributed by atoms with Crippen LogP contribution < -0.4 is 10.6 Å². The van der Waals surface area contributed by atoms with Gasteiger partial charge in [0.2, 0.25) is 0 Å². The molecule has 0 radical (unpaired) electrons. The molecular weight excluding hydrogens is 280 g/mol. The Bertz CT molecular complexity index is 557. The van der Waals surface area contributed by atoms with Crippen molar-refractivity contribution < 1.29 is 14.7 Å². The quantitative estimate of drug-likeness (QED) is 0.749. The van der Waals surface area contributed by atoms with Gasteiger partial charge in [-0.15, -0.1) is 0 Å². The van der Waals surface area contributed by atoms with Gasteiger partial charge in [-0.2, -0.15) is 0 Å². The third kappa shape index (κ3) is 3.74. The number of carbonyl (C=O) groups excluding carboxylic acids is 1. The smallest absolute Gasteiger partial charge is 0.335 e. The topological polar surface area (TPSA) is 78.4 Å². The van der Waals surface area contributed by atoms with Crippen LogP contribution in [-0.4, -0.2) is 23.1 Å². The molecule has 1 aliphatic carbocycles. The molecule has 1 aromatic rings. The van der Waals surface area contributed by atoms with Gasteiger partial charge in [0.25, 0.3) is 0 Å². The number of nitrogens with one attached hydrogen (secondary N) is 2. The highest BCUT2D eigenvalue weighted by Crippen LogP contribution is 2.23. The summed E-state index contributed by atoms with van der Waals surface area (Å²) in [5.74, 6) is -1.07. The Labute approximate surface area is 121 Å². The zero-order valence-electron chi connectivity index (χ0n) is 10.7. The minimum Gasteiger partial charge on any atom is -0.478 e. The van der Waals surface area contributed by atoms with Crippen molar-refractivity contribution in [1.29, 1.82) is 0 Å². The summed E-state index contributed by atoms with van der Waals surface area (Å²) >= 11 is 5.94. The molecule has 5 nitrogen and oxygen atoms in total. The first-order chi connectivity index (χ1) is 9.56. The summed E-state index contributed by atoms with van der Waals surface area (Å²) in [6, 6.07) is 3.89. The van der Waals surface area contributed by atoms with Crippen LogP contribution in [-0.2, 0) is 0 Å². The van der Waals surface area contributed by atoms with Crippen molar-refractivity contribution >= 4 is 29.3 Å². The van der Waals surface area contributed by atoms with Gasteiger partial charge in [-0.05, 0) is 37.5 Å². The summed E-state index contributed by atoms with van der Waals surface area (Å²) in [4.78, 5) is 22.7. The molecule has 0 aliphatic heterocycles. The second-order valence-electron chi connectivity index (χ2n) is 4.58. The molecule has 1 aromatic carbocycles. The largest absolute Gasteiger partial charge is 0.478 e. The number of hydrogen-bond acceptors (Lipinski definition) is 2. The first kappa shape index (κ1) is 14.4. The molecule has 1 atom stereocenters. The van der Waals surface area contributed by atoms with Crippen molar-refractivity contribution in [3.63, 3.8) is 0 Å². The maximum Gasteiger partial charge on any atom is 0.335 e. The van der Waals surface area contributed by atoms with E-state index in [4.69, 9.17) is 16.7 Å². The van der Waals surface area contributed by atoms with Gasteiger partial charge >= 0.3 is 12.0 Å². The van der Waals surface area contributed by atoms with E-state index < -0.39 is 5.97 Å². The van der Waals surface area contributed by atoms with Crippen LogP contribution in [0.5, 0.6) is 0 Å². The van der Waals surface area contributed by atoms with Gasteiger partial charge in [0.15, 0.2) is 0 Å². The van der Waals surface area contributed by atoms with Crippen LogP contribution in [0, 0.1) is 0 Å². The number of rotatable bonds is 3. The normalized spacial score (nSPS) is 17.6. The van der Waals surface area contributed by atoms with Crippen LogP contribution in [0.3, 0.4) is 0 Å². The molecule has 0 saturated heterocycles. The number of allylic oxidation sites excluding steroid dienone is 1. The van der Waals surface area contributed by atoms with E-state index in [9.17, 15) is 9.59 Å². The van der Waals surface area contributed by atoms with Crippen molar-refractivity contribution in [2.45, 2.75) is 25.3 Å². The highest BCUT2D eigenvalue weighted by molar-refractivity contribution is 6.33. The van der Waals surface area contributed by atoms with Crippen LogP contribution in [0.2, 0.25) is 5.02 Å². The Hall–Kier alpha value is -2.01. The van der Waals surface area contributed by atoms with E-state index >= 15 is 0 Å². The molecule has 0 saturated carbocycles. The van der Waals surface area contributed by atoms with Crippen molar-refractivity contribution in [2.24, 2.45) is 0 Å². The number of amides is 2. The highest BCUT2D eigenvalue weighted by atomic mass is 35.5. The lowest BCUT2D eigenvalue weighted by molar-refractivity contribution is 0.0697. The van der Waals surface area contributed by atoms with Crippen LogP contribution >= 0.6 is 11.6 Å². The second-order valence-corrected chi connectivity index (χ2v) is 4.99. The summed E-state index contributed by atoms with van der Waals surface area (Å²) in [5, 5.41) is 14.6. The molecule has 1 unspecified atom stereocenters. The van der Waals surface area contributed by atoms with Crippen LogP contribution in [0.1, 0.15) is 29.6 Å². The van der Waals surface area contributed by atoms with Gasteiger partial charge in [-0.1, -0.05) is 23.8 Å². The van der Waals surface area contributed by atoms with Gasteiger partial charge in [0.05, 0.1) is 16.3 Å². The number of carbonyl (C=O) groups is 2. The molecule has 6 heteroatoms. The first-order valence-corrected chi connectivity index (χ1v) is 6.69. The molecule has 106 valence electrons. The molecule has 1 aliphatic rings. The highest BCUT2D eigenvalue weighted by Gasteiger charge is 2.14. The maximum atomic E-state index is 11.9. The third-order valence-electron chi connectivity index (χ3n) is 3.07. The molecule has 3 N–H and O–H groups in total. The lowest BCUT2D eigenvalue weighted by atomic mass is 10.0. The van der Waals surface area contributed by atoms with Gasteiger partial charge in [-0.25, -0.2) is 9.59 Å². The number of halogens is 1. The zero-order chi connectivity index (χ0) is 14.5. The molecule has 2 amide bonds. The number of aromatic carboxylic acids is 1. The lowest BCUT2D eigenvalue weighted by Gasteiger charge is -2.19. The van der Waals surface area contributed by atoms with Gasteiger partial charge in [0.1, 0.15) is 0 Å². The van der Waals surface area contributed by atoms with E-state index in [2.05, 4.69) is 16.7 Å². The summed E-state index contributed by atoms with van der Waals surface area (Å²) in [6.45, 7) is 0. The van der Waals surface area contributed by atoms with Crippen LogP contribution in [0.4, 0.5) is 10.5 Å². The Morgan fingerprint density at radius 1 is 1.30 bits per heavy atom. The summed E-state index contributed by atoms with van der Waals surface area (Å²) < 4.78 is 0. The van der Waals surface area contributed by atoms with E-state index in [0.29, 0.717) is 5.02 Å². The predicted molar refractivity (Wildman–Crippen MR) is 77.3 cm³/mol. The van der Waals surface area contributed by atoms with Gasteiger partial charge in [0, 0.05) is 6.04 Å². The Kier molecular flexibility index (Phi) is 4.63. The van der Waals surface area contributed by atoms with Gasteiger partial charge < -0.3 is 15.7 Å². The fourth-order valence-corrected chi connectivity index (χ4v) is 2.19. The lowest BCUT2D eigenvalue weighted by Crippen LogP contribution is -2.38. The monoisotopic (exact) mass is 294 g/mol. The minimum atomic E-state index is -1.07. The fraction of sp³-hybridized carbons (Fsp3) is 0.286. The summed E-state index contributed by atoms with van der Waals surface area (Å²) in [5.41, 5.74) is 0.362. The molecular formula is C14H15ClN2O3. The van der Waals surface area contributed by atoms with Crippen LogP contribution in [0.15, 0.2) is 30.4 Å². The number of urea groups is 1. The van der Waals surface area contributed by atoms with Crippen molar-refractivity contribution in [2.75, 3.05) is 5.32 Å². The summed E-state index contributed by atoms with van der Waals surface area (Å²) in [6.07, 6.45) is 6.76. The van der Waals surface area contributed by atoms with E-state index in [0.717, 1.165) is 19.3 Å². The number of carboxylic acid groups (broad SMARTS) is 1. The first-order valence-electron chi connectivity index (χ1n) is 6.31. The Balaban J connectivity index is 2.01. The number of hydrogen-bond donors (Lipinski definition) is 3. The summed E-state index contributed by atoms with van der Waals surface area (Å²) in [7, 11) is 0. The van der Waals surface area contributed by atoms with E-state index in [-0.39, 0.29) is 23.3 Å². The molecule has 0 heterocycles. The average molecular weight is 295 g/mol. The number of anilines is 1. The molecule has 2 rings (SSSR count). The van der Waals surface area contributed by atoms with Crippen molar-refractivity contribution in [3.8, 4) is 0 Å². The molecule has 20 heavy (non-hydrogen) atoms. The zero-order valence-corrected chi connectivity index (χ0v) is 11.5. The van der Waals surface area contributed by atoms with E-state index in [1.807, 2.05) is 6.08 Å². The maximum absolute atomic E-state index is 11.9. The van der Waals surface area contributed by atoms with Gasteiger partial charge in [-0.3, -0.25) is 0 Å². The SMILES string of the molecule is O=C(Nc1cc(C(=O)O)ccc1Cl)NC1CC=CCC1. The average Bonchev–Trinajstić information content (AvgIpc) is 2.42. The predicted octanol–water partition coefficient (Wildman–Crippen LogP) is 3.27. The molecule has 0 spiro atoms. The molecule has 0 aromatic heterocycles. The number of benzene rings is 1. The Morgan fingerprint density at radius 3 is 2.75 bits per heavy atom. The second kappa shape index (κ2) is 6.43. The van der Waals surface area contributed by atoms with Crippen molar-refractivity contribution in [1.82, 2.24) is 5.32 Å². The minimum absolute atomic E-state index is 0.0744. The molecule has 0 fully saturated rings. The number of carboxylic acids is 1. The molecule has 0 bridgehead atoms. The van der Waals surface area contributed by atoms with E-state index in [1.54, 1.807) is 0 Å². The van der Waals surface area contributed by atoms with Crippen molar-refractivity contribution in [3.05, 3.63) is 40.9 Å². The van der Waals surface area contributed by atoms with E-state index in [1.165, 1.54) is 18.2 Å². The third-order valence-corrected chi connectivity index (χ3v) is 3.40. The van der Waals surface area contributed by atoms with Crippen LogP contribution in [0.25, 0.3) is 0 Å². The fourth-order valence-electron chi connectivity index (χ4n) is 2.02. The Morgan fingerprint density at radius 2 is 2.10 bits per heavy atom. The standard InChI is InChI=1S/C14H15ClN2O3/c15-11-7-6-9(13(18)19)8-12(11)17-14(20)16-10-4-2-1-3-5-10/h1-2,6-8,10H,3-5H2,(H,18,19)(H2,16,17,20).